The van der Waals surface area contributed by atoms with Crippen LogP contribution in [0.4, 0.5) is 0 Å². The molecule has 5 nitrogen and oxygen atoms in total. The van der Waals surface area contributed by atoms with Gasteiger partial charge in [-0.1, -0.05) is 62.8 Å². The van der Waals surface area contributed by atoms with E-state index in [2.05, 4.69) is 18.2 Å². The fourth-order valence-corrected chi connectivity index (χ4v) is 3.22. The number of esters is 2. The molecular weight excluding hydrogens is 392 g/mol. The minimum atomic E-state index is -0.0823. The van der Waals surface area contributed by atoms with Crippen LogP contribution in [0.2, 0.25) is 0 Å². The maximum atomic E-state index is 11.7. The normalized spacial score (nSPS) is 11.4. The highest BCUT2D eigenvalue weighted by atomic mass is 16.5. The average Bonchev–Trinajstić information content (AvgIpc) is 2.76. The van der Waals surface area contributed by atoms with Crippen molar-refractivity contribution in [2.24, 2.45) is 0 Å². The van der Waals surface area contributed by atoms with Crippen molar-refractivity contribution in [1.29, 1.82) is 0 Å². The lowest BCUT2D eigenvalue weighted by atomic mass is 10.1. The van der Waals surface area contributed by atoms with Crippen LogP contribution in [0.25, 0.3) is 0 Å². The summed E-state index contributed by atoms with van der Waals surface area (Å²) in [6, 6.07) is 0. The van der Waals surface area contributed by atoms with Crippen molar-refractivity contribution in [3.63, 3.8) is 0 Å². The van der Waals surface area contributed by atoms with Crippen molar-refractivity contribution in [1.82, 2.24) is 0 Å². The molecule has 0 bridgehead atoms. The Hall–Kier alpha value is -1.62. The number of hydrogen-bond acceptors (Lipinski definition) is 5. The van der Waals surface area contributed by atoms with Crippen LogP contribution in [0.5, 0.6) is 0 Å². The molecule has 0 radical (unpaired) electrons. The van der Waals surface area contributed by atoms with Gasteiger partial charge < -0.3 is 14.6 Å². The lowest BCUT2D eigenvalue weighted by Crippen LogP contribution is -2.04. The van der Waals surface area contributed by atoms with Crippen LogP contribution in [0, 0.1) is 0 Å². The smallest absolute Gasteiger partial charge is 0.305 e. The third kappa shape index (κ3) is 24.5. The molecule has 0 heterocycles. The van der Waals surface area contributed by atoms with Gasteiger partial charge in [0.2, 0.25) is 0 Å². The van der Waals surface area contributed by atoms with Crippen molar-refractivity contribution in [3.8, 4) is 0 Å². The van der Waals surface area contributed by atoms with Crippen LogP contribution in [0.1, 0.15) is 110 Å². The first-order chi connectivity index (χ1) is 15.2. The van der Waals surface area contributed by atoms with Crippen LogP contribution < -0.4 is 0 Å². The minimum Gasteiger partial charge on any atom is -0.466 e. The zero-order valence-corrected chi connectivity index (χ0v) is 19.8. The van der Waals surface area contributed by atoms with Crippen LogP contribution >= 0.6 is 0 Å². The second-order valence-corrected chi connectivity index (χ2v) is 7.88. The van der Waals surface area contributed by atoms with Crippen LogP contribution in [-0.4, -0.2) is 36.9 Å². The first kappa shape index (κ1) is 29.4. The molecule has 0 saturated heterocycles. The average molecular weight is 439 g/mol. The highest BCUT2D eigenvalue weighted by molar-refractivity contribution is 5.69. The predicted molar refractivity (Wildman–Crippen MR) is 127 cm³/mol. The number of carbonyl (C=O) groups excluding carboxylic acids is 2. The lowest BCUT2D eigenvalue weighted by molar-refractivity contribution is -0.144. The van der Waals surface area contributed by atoms with Gasteiger partial charge in [0.25, 0.3) is 0 Å². The topological polar surface area (TPSA) is 72.8 Å². The van der Waals surface area contributed by atoms with E-state index in [-0.39, 0.29) is 18.5 Å². The maximum Gasteiger partial charge on any atom is 0.305 e. The van der Waals surface area contributed by atoms with Gasteiger partial charge in [0, 0.05) is 19.4 Å². The van der Waals surface area contributed by atoms with Crippen molar-refractivity contribution in [3.05, 3.63) is 24.3 Å². The van der Waals surface area contributed by atoms with Gasteiger partial charge in [0.05, 0.1) is 13.2 Å². The molecule has 5 heteroatoms. The van der Waals surface area contributed by atoms with Gasteiger partial charge in [0.15, 0.2) is 0 Å². The molecule has 0 rings (SSSR count). The fraction of sp³-hybridized carbons (Fsp3) is 0.769. The third-order valence-corrected chi connectivity index (χ3v) is 4.99. The number of carbonyl (C=O) groups is 2. The molecule has 0 spiro atoms. The van der Waals surface area contributed by atoms with Gasteiger partial charge in [-0.2, -0.15) is 0 Å². The number of hydrogen-bond donors (Lipinski definition) is 1. The zero-order valence-electron chi connectivity index (χ0n) is 19.8. The minimum absolute atomic E-state index is 0.0804. The molecule has 0 aromatic carbocycles. The zero-order chi connectivity index (χ0) is 22.8. The van der Waals surface area contributed by atoms with Gasteiger partial charge in [-0.15, -0.1) is 0 Å². The van der Waals surface area contributed by atoms with E-state index in [9.17, 15) is 9.59 Å². The largest absolute Gasteiger partial charge is 0.466 e. The lowest BCUT2D eigenvalue weighted by Gasteiger charge is -2.03. The Bertz CT molecular complexity index is 470. The summed E-state index contributed by atoms with van der Waals surface area (Å²) in [5, 5.41) is 8.67. The van der Waals surface area contributed by atoms with E-state index in [1.165, 1.54) is 19.3 Å². The molecule has 0 amide bonds. The molecule has 1 N–H and O–H groups in total. The van der Waals surface area contributed by atoms with Crippen molar-refractivity contribution in [2.45, 2.75) is 110 Å². The first-order valence-electron chi connectivity index (χ1n) is 12.4. The summed E-state index contributed by atoms with van der Waals surface area (Å²) in [5.74, 6) is -0.163. The van der Waals surface area contributed by atoms with Crippen molar-refractivity contribution >= 4 is 11.9 Å². The van der Waals surface area contributed by atoms with Gasteiger partial charge >= 0.3 is 11.9 Å². The Morgan fingerprint density at radius 1 is 0.613 bits per heavy atom. The Labute approximate surface area is 190 Å². The van der Waals surface area contributed by atoms with Crippen LogP contribution in [0.15, 0.2) is 24.3 Å². The molecule has 0 atom stereocenters. The second kappa shape index (κ2) is 24.6. The SMILES string of the molecule is CCOC(=O)CCCCCCC/C=C\CCOC(=O)CCCCCCC/C=C\CCO. The van der Waals surface area contributed by atoms with Crippen LogP contribution in [-0.2, 0) is 19.1 Å². The molecule has 0 aromatic rings. The third-order valence-electron chi connectivity index (χ3n) is 4.99. The molecule has 0 aliphatic heterocycles. The van der Waals surface area contributed by atoms with E-state index in [1.807, 2.05) is 13.0 Å². The van der Waals surface area contributed by atoms with Gasteiger partial charge in [-0.05, 0) is 58.3 Å². The second-order valence-electron chi connectivity index (χ2n) is 7.88. The number of ether oxygens (including phenoxy) is 2. The number of unbranched alkanes of at least 4 members (excludes halogenated alkanes) is 10. The molecule has 0 fully saturated rings. The highest BCUT2D eigenvalue weighted by Crippen LogP contribution is 2.10. The molecule has 31 heavy (non-hydrogen) atoms. The van der Waals surface area contributed by atoms with Gasteiger partial charge in [0.1, 0.15) is 0 Å². The first-order valence-corrected chi connectivity index (χ1v) is 12.4. The summed E-state index contributed by atoms with van der Waals surface area (Å²) in [5.41, 5.74) is 0. The predicted octanol–water partition coefficient (Wildman–Crippen LogP) is 6.44. The van der Waals surface area contributed by atoms with Gasteiger partial charge in [-0.25, -0.2) is 0 Å². The Morgan fingerprint density at radius 3 is 1.61 bits per heavy atom. The number of allylic oxidation sites excluding steroid dienone is 2. The van der Waals surface area contributed by atoms with Crippen LogP contribution in [0.3, 0.4) is 0 Å². The van der Waals surface area contributed by atoms with E-state index >= 15 is 0 Å². The Balaban J connectivity index is 3.31. The fourth-order valence-electron chi connectivity index (χ4n) is 3.22. The summed E-state index contributed by atoms with van der Waals surface area (Å²) in [7, 11) is 0. The molecule has 0 aliphatic carbocycles. The van der Waals surface area contributed by atoms with E-state index in [0.29, 0.717) is 26.1 Å². The van der Waals surface area contributed by atoms with Gasteiger partial charge in [-0.3, -0.25) is 9.59 Å². The van der Waals surface area contributed by atoms with E-state index in [4.69, 9.17) is 14.6 Å². The van der Waals surface area contributed by atoms with E-state index < -0.39 is 0 Å². The Kier molecular flexibility index (Phi) is 23.4. The summed E-state index contributed by atoms with van der Waals surface area (Å²) < 4.78 is 10.2. The maximum absolute atomic E-state index is 11.7. The molecule has 0 saturated carbocycles. The van der Waals surface area contributed by atoms with Crippen molar-refractivity contribution in [2.75, 3.05) is 19.8 Å². The van der Waals surface area contributed by atoms with E-state index in [0.717, 1.165) is 70.6 Å². The van der Waals surface area contributed by atoms with Crippen molar-refractivity contribution < 1.29 is 24.2 Å². The number of aliphatic hydroxyl groups is 1. The molecule has 180 valence electrons. The summed E-state index contributed by atoms with van der Waals surface area (Å²) in [6.45, 7) is 3.01. The molecule has 0 aliphatic rings. The summed E-state index contributed by atoms with van der Waals surface area (Å²) >= 11 is 0. The van der Waals surface area contributed by atoms with E-state index in [1.54, 1.807) is 0 Å². The molecular formula is C26H46O5. The molecule has 0 unspecified atom stereocenters. The number of aliphatic hydroxyl groups excluding tert-OH is 1. The standard InChI is InChI=1S/C26H46O5/c1-2-30-25(28)21-17-13-9-6-4-8-12-16-20-24-31-26(29)22-18-14-10-5-3-7-11-15-19-23-27/h11-12,15-16,27H,2-10,13-14,17-24H2,1H3/b15-11-,16-12-. The summed E-state index contributed by atoms with van der Waals surface area (Å²) in [4.78, 5) is 22.9. The molecule has 0 aromatic heterocycles. The Morgan fingerprint density at radius 2 is 1.06 bits per heavy atom. The monoisotopic (exact) mass is 438 g/mol. The quantitative estimate of drug-likeness (QED) is 0.120. The summed E-state index contributed by atoms with van der Waals surface area (Å²) in [6.07, 6.45) is 24.2. The number of rotatable bonds is 22. The highest BCUT2D eigenvalue weighted by Gasteiger charge is 2.02.